The van der Waals surface area contributed by atoms with E-state index < -0.39 is 5.97 Å². The van der Waals surface area contributed by atoms with Crippen LogP contribution >= 0.6 is 11.8 Å². The van der Waals surface area contributed by atoms with Crippen LogP contribution in [0.25, 0.3) is 10.9 Å². The van der Waals surface area contributed by atoms with Gasteiger partial charge in [0.2, 0.25) is 5.91 Å². The van der Waals surface area contributed by atoms with Crippen molar-refractivity contribution in [3.63, 3.8) is 0 Å². The number of nitrogens with zero attached hydrogens (tertiary/aromatic N) is 3. The number of hydrogen-bond acceptors (Lipinski definition) is 8. The molecule has 0 unspecified atom stereocenters. The minimum absolute atomic E-state index is 0.0470. The summed E-state index contributed by atoms with van der Waals surface area (Å²) < 4.78 is 11.9. The molecular weight excluding hydrogens is 456 g/mol. The third-order valence-electron chi connectivity index (χ3n) is 6.39. The number of aromatic nitrogens is 2. The van der Waals surface area contributed by atoms with Crippen LogP contribution in [0.15, 0.2) is 28.2 Å². The van der Waals surface area contributed by atoms with E-state index >= 15 is 0 Å². The summed E-state index contributed by atoms with van der Waals surface area (Å²) in [6, 6.07) is 5.00. The number of benzene rings is 1. The fourth-order valence-electron chi connectivity index (χ4n) is 4.47. The average molecular weight is 489 g/mol. The van der Waals surface area contributed by atoms with Crippen molar-refractivity contribution in [2.45, 2.75) is 49.8 Å². The van der Waals surface area contributed by atoms with E-state index in [1.807, 2.05) is 0 Å². The van der Waals surface area contributed by atoms with Crippen molar-refractivity contribution in [1.29, 1.82) is 0 Å². The Morgan fingerprint density at radius 1 is 1.18 bits per heavy atom. The molecule has 4 rings (SSSR count). The molecule has 1 saturated carbocycles. The number of thioether (sulfide) groups is 1. The zero-order valence-corrected chi connectivity index (χ0v) is 20.4. The smallest absolute Gasteiger partial charge is 0.337 e. The Hall–Kier alpha value is -2.43. The molecule has 34 heavy (non-hydrogen) atoms. The Labute approximate surface area is 203 Å². The fourth-order valence-corrected chi connectivity index (χ4v) is 5.30. The lowest BCUT2D eigenvalue weighted by Gasteiger charge is -2.27. The Balaban J connectivity index is 1.56. The SMILES string of the molecule is COC(=O)c1ccc2c(=O)n(CCN3CCOCC3)c(SCC(=O)NC3CCCCC3)nc2c1. The van der Waals surface area contributed by atoms with Gasteiger partial charge in [-0.2, -0.15) is 0 Å². The molecule has 2 aliphatic rings. The highest BCUT2D eigenvalue weighted by atomic mass is 32.2. The molecule has 1 amide bonds. The standard InChI is InChI=1S/C24H32N4O5S/c1-32-23(31)17-7-8-19-20(15-17)26-24(34-16-21(29)25-18-5-3-2-4-6-18)28(22(19)30)10-9-27-11-13-33-14-12-27/h7-8,15,18H,2-6,9-14,16H2,1H3,(H,25,29). The highest BCUT2D eigenvalue weighted by molar-refractivity contribution is 7.99. The summed E-state index contributed by atoms with van der Waals surface area (Å²) in [7, 11) is 1.32. The zero-order valence-electron chi connectivity index (χ0n) is 19.6. The van der Waals surface area contributed by atoms with E-state index in [0.717, 1.165) is 38.8 Å². The van der Waals surface area contributed by atoms with Gasteiger partial charge in [0.1, 0.15) is 0 Å². The average Bonchev–Trinajstić information content (AvgIpc) is 2.87. The molecule has 2 aromatic rings. The maximum Gasteiger partial charge on any atom is 0.337 e. The van der Waals surface area contributed by atoms with E-state index in [9.17, 15) is 14.4 Å². The normalized spacial score (nSPS) is 17.6. The second kappa shape index (κ2) is 11.8. The van der Waals surface area contributed by atoms with Crippen LogP contribution in [0.3, 0.4) is 0 Å². The minimum Gasteiger partial charge on any atom is -0.465 e. The van der Waals surface area contributed by atoms with Crippen molar-refractivity contribution < 1.29 is 19.1 Å². The third-order valence-corrected chi connectivity index (χ3v) is 7.36. The van der Waals surface area contributed by atoms with Crippen LogP contribution in [0.4, 0.5) is 0 Å². The highest BCUT2D eigenvalue weighted by Gasteiger charge is 2.19. The van der Waals surface area contributed by atoms with Crippen LogP contribution in [-0.4, -0.2) is 78.1 Å². The second-order valence-corrected chi connectivity index (χ2v) is 9.66. The molecule has 1 aromatic carbocycles. The molecule has 1 aliphatic heterocycles. The van der Waals surface area contributed by atoms with Crippen molar-refractivity contribution >= 4 is 34.5 Å². The molecule has 0 spiro atoms. The summed E-state index contributed by atoms with van der Waals surface area (Å²) in [6.07, 6.45) is 5.56. The number of morpholine rings is 1. The van der Waals surface area contributed by atoms with Crippen LogP contribution in [0.1, 0.15) is 42.5 Å². The van der Waals surface area contributed by atoms with E-state index in [1.165, 1.54) is 25.3 Å². The van der Waals surface area contributed by atoms with E-state index in [2.05, 4.69) is 10.2 Å². The van der Waals surface area contributed by atoms with Crippen molar-refractivity contribution in [1.82, 2.24) is 19.8 Å². The molecular formula is C24H32N4O5S. The van der Waals surface area contributed by atoms with Crippen molar-refractivity contribution in [2.75, 3.05) is 45.7 Å². The van der Waals surface area contributed by atoms with Crippen molar-refractivity contribution in [3.8, 4) is 0 Å². The van der Waals surface area contributed by atoms with Crippen molar-refractivity contribution in [3.05, 3.63) is 34.1 Å². The topological polar surface area (TPSA) is 103 Å². The summed E-state index contributed by atoms with van der Waals surface area (Å²) in [5.74, 6) is -0.349. The Kier molecular flexibility index (Phi) is 8.58. The quantitative estimate of drug-likeness (QED) is 0.342. The molecule has 1 saturated heterocycles. The van der Waals surface area contributed by atoms with Crippen LogP contribution in [-0.2, 0) is 20.8 Å². The monoisotopic (exact) mass is 488 g/mol. The van der Waals surface area contributed by atoms with Gasteiger partial charge in [0.25, 0.3) is 5.56 Å². The number of rotatable bonds is 8. The predicted octanol–water partition coefficient (Wildman–Crippen LogP) is 2.06. The second-order valence-electron chi connectivity index (χ2n) is 8.72. The summed E-state index contributed by atoms with van der Waals surface area (Å²) >= 11 is 1.26. The number of amides is 1. The molecule has 1 aliphatic carbocycles. The summed E-state index contributed by atoms with van der Waals surface area (Å²) in [5, 5.41) is 4.03. The summed E-state index contributed by atoms with van der Waals surface area (Å²) in [5.41, 5.74) is 0.578. The Bertz CT molecular complexity index is 1080. The first-order chi connectivity index (χ1) is 16.5. The fraction of sp³-hybridized carbons (Fsp3) is 0.583. The first-order valence-electron chi connectivity index (χ1n) is 11.9. The third kappa shape index (κ3) is 6.17. The summed E-state index contributed by atoms with van der Waals surface area (Å²) in [4.78, 5) is 44.9. The largest absolute Gasteiger partial charge is 0.465 e. The maximum absolute atomic E-state index is 13.4. The molecule has 0 radical (unpaired) electrons. The van der Waals surface area contributed by atoms with Gasteiger partial charge in [-0.1, -0.05) is 31.0 Å². The lowest BCUT2D eigenvalue weighted by molar-refractivity contribution is -0.119. The molecule has 1 aromatic heterocycles. The number of ether oxygens (including phenoxy) is 2. The lowest BCUT2D eigenvalue weighted by Crippen LogP contribution is -2.40. The van der Waals surface area contributed by atoms with Crippen molar-refractivity contribution in [2.24, 2.45) is 0 Å². The number of nitrogens with one attached hydrogen (secondary N) is 1. The zero-order chi connectivity index (χ0) is 23.9. The number of carbonyl (C=O) groups is 2. The summed E-state index contributed by atoms with van der Waals surface area (Å²) in [6.45, 7) is 4.18. The van der Waals surface area contributed by atoms with Gasteiger partial charge in [-0.15, -0.1) is 0 Å². The lowest BCUT2D eigenvalue weighted by atomic mass is 9.95. The van der Waals surface area contributed by atoms with Gasteiger partial charge in [0.05, 0.1) is 42.5 Å². The van der Waals surface area contributed by atoms with E-state index in [4.69, 9.17) is 14.5 Å². The van der Waals surface area contributed by atoms with Crippen LogP contribution in [0.5, 0.6) is 0 Å². The molecule has 10 heteroatoms. The Morgan fingerprint density at radius 2 is 1.94 bits per heavy atom. The van der Waals surface area contributed by atoms with Gasteiger partial charge in [0.15, 0.2) is 5.16 Å². The van der Waals surface area contributed by atoms with Gasteiger partial charge in [-0.3, -0.25) is 19.1 Å². The molecule has 2 heterocycles. The first kappa shape index (κ1) is 24.7. The van der Waals surface area contributed by atoms with Gasteiger partial charge in [0, 0.05) is 32.2 Å². The maximum atomic E-state index is 13.4. The number of methoxy groups -OCH3 is 1. The van der Waals surface area contributed by atoms with Gasteiger partial charge < -0.3 is 14.8 Å². The first-order valence-corrected chi connectivity index (χ1v) is 12.9. The van der Waals surface area contributed by atoms with Gasteiger partial charge >= 0.3 is 5.97 Å². The van der Waals surface area contributed by atoms with Crippen LogP contribution < -0.4 is 10.9 Å². The molecule has 184 valence electrons. The number of hydrogen-bond donors (Lipinski definition) is 1. The minimum atomic E-state index is -0.485. The number of esters is 1. The molecule has 0 atom stereocenters. The van der Waals surface area contributed by atoms with E-state index in [1.54, 1.807) is 22.8 Å². The van der Waals surface area contributed by atoms with E-state index in [0.29, 0.717) is 47.9 Å². The highest BCUT2D eigenvalue weighted by Crippen LogP contribution is 2.21. The van der Waals surface area contributed by atoms with Crippen LogP contribution in [0.2, 0.25) is 0 Å². The molecule has 9 nitrogen and oxygen atoms in total. The molecule has 0 bridgehead atoms. The molecule has 1 N–H and O–H groups in total. The molecule has 2 fully saturated rings. The predicted molar refractivity (Wildman–Crippen MR) is 130 cm³/mol. The van der Waals surface area contributed by atoms with Crippen LogP contribution in [0, 0.1) is 0 Å². The van der Waals surface area contributed by atoms with E-state index in [-0.39, 0.29) is 23.3 Å². The Morgan fingerprint density at radius 3 is 2.68 bits per heavy atom. The van der Waals surface area contributed by atoms with Gasteiger partial charge in [-0.25, -0.2) is 9.78 Å². The number of carbonyl (C=O) groups excluding carboxylic acids is 2. The van der Waals surface area contributed by atoms with Gasteiger partial charge in [-0.05, 0) is 31.0 Å². The number of fused-ring (bicyclic) bond motifs is 1.